The molecule has 4 nitrogen and oxygen atoms in total. The van der Waals surface area contributed by atoms with Crippen molar-refractivity contribution in [1.29, 1.82) is 0 Å². The summed E-state index contributed by atoms with van der Waals surface area (Å²) < 4.78 is 5.48. The van der Waals surface area contributed by atoms with Crippen LogP contribution in [-0.4, -0.2) is 15.1 Å². The van der Waals surface area contributed by atoms with Crippen molar-refractivity contribution in [2.45, 2.75) is 13.2 Å². The van der Waals surface area contributed by atoms with Gasteiger partial charge in [-0.1, -0.05) is 6.07 Å². The van der Waals surface area contributed by atoms with Crippen molar-refractivity contribution < 1.29 is 9.84 Å². The second kappa shape index (κ2) is 5.23. The van der Waals surface area contributed by atoms with E-state index in [1.165, 1.54) is 0 Å². The van der Waals surface area contributed by atoms with Gasteiger partial charge in [-0.05, 0) is 24.3 Å². The Labute approximate surface area is 93.6 Å². The Hall–Kier alpha value is -1.94. The molecule has 0 aliphatic heterocycles. The highest BCUT2D eigenvalue weighted by atomic mass is 16.5. The van der Waals surface area contributed by atoms with Crippen LogP contribution in [0.4, 0.5) is 0 Å². The van der Waals surface area contributed by atoms with E-state index in [1.54, 1.807) is 24.5 Å². The van der Waals surface area contributed by atoms with Gasteiger partial charge in [0, 0.05) is 6.20 Å². The highest BCUT2D eigenvalue weighted by Gasteiger charge is 1.97. The van der Waals surface area contributed by atoms with Crippen molar-refractivity contribution in [2.24, 2.45) is 0 Å². The third kappa shape index (κ3) is 2.77. The van der Waals surface area contributed by atoms with Crippen LogP contribution in [0.15, 0.2) is 42.7 Å². The molecule has 82 valence electrons. The van der Waals surface area contributed by atoms with Crippen LogP contribution in [0.5, 0.6) is 5.75 Å². The van der Waals surface area contributed by atoms with Crippen LogP contribution < -0.4 is 4.74 Å². The third-order valence-electron chi connectivity index (χ3n) is 2.07. The van der Waals surface area contributed by atoms with Crippen LogP contribution in [0.2, 0.25) is 0 Å². The third-order valence-corrected chi connectivity index (χ3v) is 2.07. The Morgan fingerprint density at radius 2 is 2.00 bits per heavy atom. The Morgan fingerprint density at radius 1 is 1.06 bits per heavy atom. The summed E-state index contributed by atoms with van der Waals surface area (Å²) in [6.45, 7) is 0.363. The van der Waals surface area contributed by atoms with Gasteiger partial charge in [-0.2, -0.15) is 0 Å². The van der Waals surface area contributed by atoms with E-state index in [-0.39, 0.29) is 6.61 Å². The maximum atomic E-state index is 8.82. The second-order valence-corrected chi connectivity index (χ2v) is 3.25. The molecule has 0 saturated carbocycles. The predicted molar refractivity (Wildman–Crippen MR) is 58.7 cm³/mol. The first-order valence-corrected chi connectivity index (χ1v) is 4.97. The van der Waals surface area contributed by atoms with Gasteiger partial charge in [0.25, 0.3) is 0 Å². The molecule has 2 aromatic heterocycles. The molecule has 16 heavy (non-hydrogen) atoms. The fourth-order valence-corrected chi connectivity index (χ4v) is 1.23. The van der Waals surface area contributed by atoms with E-state index in [2.05, 4.69) is 9.97 Å². The van der Waals surface area contributed by atoms with Gasteiger partial charge in [-0.25, -0.2) is 0 Å². The molecule has 0 atom stereocenters. The van der Waals surface area contributed by atoms with Crippen LogP contribution in [0.1, 0.15) is 11.4 Å². The number of aliphatic hydroxyl groups is 1. The molecule has 0 aliphatic carbocycles. The topological polar surface area (TPSA) is 55.2 Å². The minimum Gasteiger partial charge on any atom is -0.486 e. The average molecular weight is 216 g/mol. The molecule has 4 heteroatoms. The highest BCUT2D eigenvalue weighted by molar-refractivity contribution is 5.19. The monoisotopic (exact) mass is 216 g/mol. The number of rotatable bonds is 4. The number of aliphatic hydroxyl groups excluding tert-OH is 1. The minimum absolute atomic E-state index is 0.0550. The molecule has 0 bridgehead atoms. The summed E-state index contributed by atoms with van der Waals surface area (Å²) >= 11 is 0. The fraction of sp³-hybridized carbons (Fsp3) is 0.167. The Bertz CT molecular complexity index is 429. The van der Waals surface area contributed by atoms with Crippen molar-refractivity contribution in [3.8, 4) is 5.75 Å². The molecule has 2 rings (SSSR count). The molecule has 0 saturated heterocycles. The summed E-state index contributed by atoms with van der Waals surface area (Å²) in [5.41, 5.74) is 1.50. The van der Waals surface area contributed by atoms with Gasteiger partial charge in [0.2, 0.25) is 0 Å². The first-order chi connectivity index (χ1) is 7.88. The van der Waals surface area contributed by atoms with Gasteiger partial charge < -0.3 is 9.84 Å². The number of hydrogen-bond acceptors (Lipinski definition) is 4. The quantitative estimate of drug-likeness (QED) is 0.842. The van der Waals surface area contributed by atoms with Gasteiger partial charge in [0.15, 0.2) is 0 Å². The van der Waals surface area contributed by atoms with E-state index in [0.29, 0.717) is 18.1 Å². The van der Waals surface area contributed by atoms with Gasteiger partial charge in [0.1, 0.15) is 12.4 Å². The van der Waals surface area contributed by atoms with Crippen molar-refractivity contribution in [3.63, 3.8) is 0 Å². The molecule has 0 spiro atoms. The lowest BCUT2D eigenvalue weighted by molar-refractivity contribution is 0.274. The summed E-state index contributed by atoms with van der Waals surface area (Å²) in [6, 6.07) is 9.19. The second-order valence-electron chi connectivity index (χ2n) is 3.25. The first-order valence-electron chi connectivity index (χ1n) is 4.97. The number of hydrogen-bond donors (Lipinski definition) is 1. The number of nitrogens with zero attached hydrogens (tertiary/aromatic N) is 2. The van der Waals surface area contributed by atoms with Gasteiger partial charge in [-0.15, -0.1) is 0 Å². The Balaban J connectivity index is 1.94. The van der Waals surface area contributed by atoms with E-state index in [0.717, 1.165) is 5.69 Å². The maximum absolute atomic E-state index is 8.82. The van der Waals surface area contributed by atoms with E-state index in [4.69, 9.17) is 9.84 Å². The van der Waals surface area contributed by atoms with Crippen LogP contribution in [-0.2, 0) is 13.2 Å². The van der Waals surface area contributed by atoms with Crippen LogP contribution >= 0.6 is 0 Å². The molecule has 2 aromatic rings. The smallest absolute Gasteiger partial charge is 0.138 e. The standard InChI is InChI=1S/C12H12N2O2/c15-8-10-4-5-12(7-14-10)16-9-11-3-1-2-6-13-11/h1-7,15H,8-9H2. The highest BCUT2D eigenvalue weighted by Crippen LogP contribution is 2.10. The van der Waals surface area contributed by atoms with Crippen LogP contribution in [0.25, 0.3) is 0 Å². The van der Waals surface area contributed by atoms with Crippen molar-refractivity contribution in [3.05, 3.63) is 54.1 Å². The van der Waals surface area contributed by atoms with E-state index in [1.807, 2.05) is 18.2 Å². The van der Waals surface area contributed by atoms with Crippen molar-refractivity contribution >= 4 is 0 Å². The number of pyridine rings is 2. The van der Waals surface area contributed by atoms with E-state index >= 15 is 0 Å². The summed E-state index contributed by atoms with van der Waals surface area (Å²) in [5.74, 6) is 0.669. The zero-order chi connectivity index (χ0) is 11.2. The van der Waals surface area contributed by atoms with E-state index < -0.39 is 0 Å². The van der Waals surface area contributed by atoms with Gasteiger partial charge >= 0.3 is 0 Å². The molecular formula is C12H12N2O2. The molecule has 2 heterocycles. The van der Waals surface area contributed by atoms with Crippen LogP contribution in [0, 0.1) is 0 Å². The van der Waals surface area contributed by atoms with E-state index in [9.17, 15) is 0 Å². The maximum Gasteiger partial charge on any atom is 0.138 e. The van der Waals surface area contributed by atoms with Crippen molar-refractivity contribution in [1.82, 2.24) is 9.97 Å². The zero-order valence-corrected chi connectivity index (χ0v) is 8.71. The van der Waals surface area contributed by atoms with Crippen LogP contribution in [0.3, 0.4) is 0 Å². The Morgan fingerprint density at radius 3 is 2.62 bits per heavy atom. The molecule has 0 unspecified atom stereocenters. The largest absolute Gasteiger partial charge is 0.486 e. The summed E-state index contributed by atoms with van der Waals surface area (Å²) in [5, 5.41) is 8.82. The lowest BCUT2D eigenvalue weighted by Gasteiger charge is -2.05. The molecule has 0 fully saturated rings. The average Bonchev–Trinajstić information content (AvgIpc) is 2.38. The zero-order valence-electron chi connectivity index (χ0n) is 8.71. The summed E-state index contributed by atoms with van der Waals surface area (Å²) in [4.78, 5) is 8.16. The predicted octanol–water partition coefficient (Wildman–Crippen LogP) is 1.55. The molecule has 0 radical (unpaired) electrons. The molecule has 0 aliphatic rings. The molecular weight excluding hydrogens is 204 g/mol. The molecule has 1 N–H and O–H groups in total. The first kappa shape index (κ1) is 10.6. The molecule has 0 aromatic carbocycles. The number of ether oxygens (including phenoxy) is 1. The number of aromatic nitrogens is 2. The lowest BCUT2D eigenvalue weighted by Crippen LogP contribution is -1.98. The normalized spacial score (nSPS) is 10.1. The Kier molecular flexibility index (Phi) is 3.46. The molecule has 0 amide bonds. The van der Waals surface area contributed by atoms with Crippen molar-refractivity contribution in [2.75, 3.05) is 0 Å². The lowest BCUT2D eigenvalue weighted by atomic mass is 10.3. The van der Waals surface area contributed by atoms with Gasteiger partial charge in [-0.3, -0.25) is 9.97 Å². The minimum atomic E-state index is -0.0550. The SMILES string of the molecule is OCc1ccc(OCc2ccccn2)cn1. The summed E-state index contributed by atoms with van der Waals surface area (Å²) in [7, 11) is 0. The summed E-state index contributed by atoms with van der Waals surface area (Å²) in [6.07, 6.45) is 3.32. The van der Waals surface area contributed by atoms with Gasteiger partial charge in [0.05, 0.1) is 24.2 Å². The fourth-order valence-electron chi connectivity index (χ4n) is 1.23.